The van der Waals surface area contributed by atoms with Crippen LogP contribution in [0.1, 0.15) is 91.8 Å². The van der Waals surface area contributed by atoms with Crippen LogP contribution in [0.15, 0.2) is 34.4 Å². The van der Waals surface area contributed by atoms with Gasteiger partial charge in [-0.15, -0.1) is 0 Å². The molecule has 1 nitrogen and oxygen atoms in total. The molecule has 4 heteroatoms. The summed E-state index contributed by atoms with van der Waals surface area (Å²) >= 11 is 1.82. The number of benzene rings is 1. The Balaban J connectivity index is 0.00000338. The summed E-state index contributed by atoms with van der Waals surface area (Å²) in [6, 6.07) is 4.74. The summed E-state index contributed by atoms with van der Waals surface area (Å²) in [7, 11) is 0. The minimum atomic E-state index is 0. The van der Waals surface area contributed by atoms with Crippen molar-refractivity contribution in [3.8, 4) is 5.75 Å². The van der Waals surface area contributed by atoms with Gasteiger partial charge in [0, 0.05) is 0 Å². The van der Waals surface area contributed by atoms with Crippen LogP contribution in [0.5, 0.6) is 5.75 Å². The average Bonchev–Trinajstić information content (AvgIpc) is 2.68. The van der Waals surface area contributed by atoms with Gasteiger partial charge < -0.3 is 24.8 Å². The summed E-state index contributed by atoms with van der Waals surface area (Å²) in [6.45, 7) is 22.8. The first kappa shape index (κ1) is 26.8. The van der Waals surface area contributed by atoms with E-state index >= 15 is 0 Å². The normalized spacial score (nSPS) is 15.7. The summed E-state index contributed by atoms with van der Waals surface area (Å²) in [5.74, 6) is 1.39. The molecule has 1 aliphatic rings. The molecule has 1 aromatic carbocycles. The predicted molar refractivity (Wildman–Crippen MR) is 104 cm³/mol. The van der Waals surface area contributed by atoms with Crippen molar-refractivity contribution in [3.63, 3.8) is 0 Å². The summed E-state index contributed by atoms with van der Waals surface area (Å²) in [6.07, 6.45) is 0. The van der Waals surface area contributed by atoms with Crippen molar-refractivity contribution >= 4 is 0 Å². The maximum Gasteiger partial charge on any atom is -1.00 e. The van der Waals surface area contributed by atoms with Crippen molar-refractivity contribution in [1.29, 1.82) is 0 Å². The van der Waals surface area contributed by atoms with Crippen LogP contribution in [-0.2, 0) is 31.7 Å². The van der Waals surface area contributed by atoms with Crippen LogP contribution in [0.4, 0.5) is 0 Å². The zero-order chi connectivity index (χ0) is 19.3. The van der Waals surface area contributed by atoms with Crippen LogP contribution < -0.4 is 28.1 Å². The Kier molecular flexibility index (Phi) is 9.01. The molecule has 0 aliphatic heterocycles. The Morgan fingerprint density at radius 3 is 1.56 bits per heavy atom. The average molecular weight is 444 g/mol. The zero-order valence-corrected chi connectivity index (χ0v) is 21.5. The summed E-state index contributed by atoms with van der Waals surface area (Å²) in [5.41, 5.74) is 9.95. The van der Waals surface area contributed by atoms with Crippen LogP contribution in [0.2, 0.25) is 0 Å². The van der Waals surface area contributed by atoms with Gasteiger partial charge in [0.05, 0.1) is 0 Å². The molecule has 0 radical (unpaired) electrons. The van der Waals surface area contributed by atoms with Gasteiger partial charge in [-0.2, -0.15) is 0 Å². The molecule has 0 N–H and O–H groups in total. The Morgan fingerprint density at radius 2 is 1.22 bits per heavy atom. The van der Waals surface area contributed by atoms with Crippen LogP contribution >= 0.6 is 0 Å². The Hall–Kier alpha value is -0.206. The molecule has 0 bridgehead atoms. The third-order valence-corrected chi connectivity index (χ3v) is 6.14. The minimum absolute atomic E-state index is 0. The molecule has 149 valence electrons. The van der Waals surface area contributed by atoms with Crippen LogP contribution in [0.25, 0.3) is 0 Å². The molecule has 1 aromatic rings. The van der Waals surface area contributed by atoms with E-state index in [-0.39, 0.29) is 35.6 Å². The van der Waals surface area contributed by atoms with Gasteiger partial charge in [-0.05, 0) is 0 Å². The first-order valence-electron chi connectivity index (χ1n) is 9.18. The van der Waals surface area contributed by atoms with E-state index in [2.05, 4.69) is 81.4 Å². The van der Waals surface area contributed by atoms with Crippen molar-refractivity contribution < 1.29 is 49.0 Å². The monoisotopic (exact) mass is 443 g/mol. The largest absolute Gasteiger partial charge is 1.00 e. The van der Waals surface area contributed by atoms with Crippen LogP contribution in [0, 0.1) is 0 Å². The molecule has 0 heterocycles. The molecular weight excluding hydrogens is 411 g/mol. The van der Waals surface area contributed by atoms with Crippen molar-refractivity contribution in [3.05, 3.63) is 51.1 Å². The maximum atomic E-state index is 6.01. The zero-order valence-electron chi connectivity index (χ0n) is 18.4. The van der Waals surface area contributed by atoms with E-state index < -0.39 is 0 Å². The van der Waals surface area contributed by atoms with Crippen molar-refractivity contribution in [2.45, 2.75) is 86.0 Å². The van der Waals surface area contributed by atoms with Gasteiger partial charge in [0.2, 0.25) is 0 Å². The van der Waals surface area contributed by atoms with Crippen molar-refractivity contribution in [2.75, 3.05) is 0 Å². The van der Waals surface area contributed by atoms with E-state index in [0.29, 0.717) is 5.92 Å². The van der Waals surface area contributed by atoms with Crippen molar-refractivity contribution in [1.82, 2.24) is 0 Å². The Labute approximate surface area is 191 Å². The van der Waals surface area contributed by atoms with Gasteiger partial charge in [-0.25, -0.2) is 0 Å². The van der Waals surface area contributed by atoms with E-state index in [0.717, 1.165) is 5.75 Å². The van der Waals surface area contributed by atoms with Gasteiger partial charge in [-0.1, -0.05) is 0 Å². The quantitative estimate of drug-likeness (QED) is 0.617. The van der Waals surface area contributed by atoms with E-state index in [1.54, 1.807) is 0 Å². The maximum absolute atomic E-state index is 6.01. The predicted octanol–water partition coefficient (Wildman–Crippen LogP) is 0.900. The number of hydrogen-bond acceptors (Lipinski definition) is 1. The molecule has 0 atom stereocenters. The van der Waals surface area contributed by atoms with Crippen molar-refractivity contribution in [2.24, 2.45) is 0 Å². The molecule has 0 saturated carbocycles. The molecule has 0 saturated heterocycles. The number of halogens is 2. The summed E-state index contributed by atoms with van der Waals surface area (Å²) < 4.78 is 6.01. The standard InChI is InChI=1S/C23H34O.2ClH.Ti/c1-13-14(2)16(4)20(15(13)3)18-11-17(22(5,6)7)12-19(21(18)24)23(8,9)10;;;/h11-12,20,24H,1-10H3;2*1H;/q;;;+3/p-3. The SMILES string of the molecule is CC1=C(C)C(c2cc(C(C)(C)C)cc(C(C)(C)C)c2[O][Ti+2])C(C)=C1C.[Cl-].[Cl-]. The Morgan fingerprint density at radius 1 is 0.778 bits per heavy atom. The fourth-order valence-corrected chi connectivity index (χ4v) is 4.14. The summed E-state index contributed by atoms with van der Waals surface area (Å²) in [5, 5.41) is 0. The molecule has 0 aromatic heterocycles. The van der Waals surface area contributed by atoms with Gasteiger partial charge >= 0.3 is 167 Å². The topological polar surface area (TPSA) is 9.23 Å². The molecule has 0 amide bonds. The molecule has 27 heavy (non-hydrogen) atoms. The Bertz CT molecular complexity index is 738. The van der Waals surface area contributed by atoms with Gasteiger partial charge in [0.1, 0.15) is 0 Å². The molecular formula is C23H33Cl2OTi. The minimum Gasteiger partial charge on any atom is -1.00 e. The molecule has 2 rings (SSSR count). The van der Waals surface area contributed by atoms with E-state index in [1.165, 1.54) is 39.0 Å². The van der Waals surface area contributed by atoms with Crippen LogP contribution in [0.3, 0.4) is 0 Å². The first-order chi connectivity index (χ1) is 11.3. The smallest absolute Gasteiger partial charge is 1.00 e. The second kappa shape index (κ2) is 9.08. The molecule has 0 spiro atoms. The fourth-order valence-electron chi connectivity index (χ4n) is 3.79. The van der Waals surface area contributed by atoms with Crippen LogP contribution in [-0.4, -0.2) is 0 Å². The molecule has 0 unspecified atom stereocenters. The second-order valence-corrected chi connectivity index (χ2v) is 9.91. The fraction of sp³-hybridized carbons (Fsp3) is 0.565. The number of hydrogen-bond donors (Lipinski definition) is 0. The number of rotatable bonds is 2. The van der Waals surface area contributed by atoms with Gasteiger partial charge in [0.15, 0.2) is 0 Å². The molecule has 1 aliphatic carbocycles. The number of allylic oxidation sites excluding steroid dienone is 4. The van der Waals surface area contributed by atoms with E-state index in [4.69, 9.17) is 3.32 Å². The van der Waals surface area contributed by atoms with Gasteiger partial charge in [-0.3, -0.25) is 0 Å². The first-order valence-corrected chi connectivity index (χ1v) is 9.82. The van der Waals surface area contributed by atoms with Gasteiger partial charge in [0.25, 0.3) is 0 Å². The summed E-state index contributed by atoms with van der Waals surface area (Å²) in [4.78, 5) is 0. The molecule has 0 fully saturated rings. The van der Waals surface area contributed by atoms with E-state index in [9.17, 15) is 0 Å². The third kappa shape index (κ3) is 5.05. The van der Waals surface area contributed by atoms with E-state index in [1.807, 2.05) is 20.8 Å². The third-order valence-electron chi connectivity index (χ3n) is 5.82. The second-order valence-electron chi connectivity index (χ2n) is 9.59.